The van der Waals surface area contributed by atoms with E-state index in [0.717, 1.165) is 20.9 Å². The van der Waals surface area contributed by atoms with Crippen molar-refractivity contribution < 1.29 is 14.3 Å². The molecular weight excluding hydrogens is 440 g/mol. The van der Waals surface area contributed by atoms with Crippen LogP contribution in [0, 0.1) is 6.92 Å². The third-order valence-corrected chi connectivity index (χ3v) is 5.68. The van der Waals surface area contributed by atoms with Gasteiger partial charge < -0.3 is 14.8 Å². The Balaban J connectivity index is 1.55. The summed E-state index contributed by atoms with van der Waals surface area (Å²) in [4.78, 5) is 29.5. The van der Waals surface area contributed by atoms with Crippen LogP contribution in [0.4, 0.5) is 5.69 Å². The second-order valence-corrected chi connectivity index (χ2v) is 8.22. The van der Waals surface area contributed by atoms with Gasteiger partial charge in [-0.3, -0.25) is 9.59 Å². The zero-order valence-corrected chi connectivity index (χ0v) is 19.2. The molecule has 33 heavy (non-hydrogen) atoms. The predicted molar refractivity (Wildman–Crippen MR) is 128 cm³/mol. The van der Waals surface area contributed by atoms with E-state index in [1.54, 1.807) is 55.9 Å². The number of aromatic nitrogens is 3. The van der Waals surface area contributed by atoms with Gasteiger partial charge in [-0.25, -0.2) is 9.67 Å². The molecule has 0 aliphatic rings. The molecule has 9 heteroatoms. The van der Waals surface area contributed by atoms with Crippen molar-refractivity contribution in [3.05, 3.63) is 75.3 Å². The van der Waals surface area contributed by atoms with Crippen LogP contribution in [0.2, 0.25) is 0 Å². The van der Waals surface area contributed by atoms with Crippen molar-refractivity contribution in [3.8, 4) is 34.0 Å². The average molecular weight is 463 g/mol. The minimum Gasteiger partial charge on any atom is -0.497 e. The van der Waals surface area contributed by atoms with Gasteiger partial charge in [-0.05, 0) is 43.3 Å². The predicted octanol–water partition coefficient (Wildman–Crippen LogP) is 4.00. The molecule has 0 atom stereocenters. The molecule has 0 saturated heterocycles. The molecule has 0 fully saturated rings. The monoisotopic (exact) mass is 462 g/mol. The molecule has 0 bridgehead atoms. The number of hydrogen-bond acceptors (Lipinski definition) is 7. The standard InChI is InChI=1S/C24H22N4O4S/c1-15-25-21(14-33-15)16-5-4-6-17(11-16)26-23(29)13-28-24(30)10-8-20(27-28)19-12-18(31-2)7-9-22(19)32-3/h4-12,14H,13H2,1-3H3,(H,26,29). The molecule has 0 radical (unpaired) electrons. The van der Waals surface area contributed by atoms with Gasteiger partial charge in [0.1, 0.15) is 18.0 Å². The third-order valence-electron chi connectivity index (χ3n) is 4.90. The molecule has 2 heterocycles. The molecule has 4 aromatic rings. The highest BCUT2D eigenvalue weighted by atomic mass is 32.1. The number of nitrogens with zero attached hydrogens (tertiary/aromatic N) is 3. The molecule has 1 N–H and O–H groups in total. The summed E-state index contributed by atoms with van der Waals surface area (Å²) >= 11 is 1.57. The molecule has 2 aromatic carbocycles. The Morgan fingerprint density at radius 2 is 1.91 bits per heavy atom. The molecule has 0 unspecified atom stereocenters. The number of nitrogens with one attached hydrogen (secondary N) is 1. The molecular formula is C24H22N4O4S. The van der Waals surface area contributed by atoms with Crippen molar-refractivity contribution in [3.63, 3.8) is 0 Å². The lowest BCUT2D eigenvalue weighted by Crippen LogP contribution is -2.29. The molecule has 0 saturated carbocycles. The number of hydrogen-bond donors (Lipinski definition) is 1. The van der Waals surface area contributed by atoms with E-state index in [4.69, 9.17) is 9.47 Å². The fourth-order valence-corrected chi connectivity index (χ4v) is 3.93. The number of rotatable bonds is 7. The van der Waals surface area contributed by atoms with Gasteiger partial charge in [0, 0.05) is 28.3 Å². The largest absolute Gasteiger partial charge is 0.497 e. The summed E-state index contributed by atoms with van der Waals surface area (Å²) in [5, 5.41) is 10.1. The molecule has 168 valence electrons. The van der Waals surface area contributed by atoms with E-state index in [1.807, 2.05) is 30.5 Å². The summed E-state index contributed by atoms with van der Waals surface area (Å²) in [6.45, 7) is 1.71. The number of methoxy groups -OCH3 is 2. The lowest BCUT2D eigenvalue weighted by Gasteiger charge is -2.12. The molecule has 8 nitrogen and oxygen atoms in total. The van der Waals surface area contributed by atoms with Crippen molar-refractivity contribution in [2.75, 3.05) is 19.5 Å². The molecule has 0 aliphatic carbocycles. The first-order valence-corrected chi connectivity index (χ1v) is 11.0. The van der Waals surface area contributed by atoms with Crippen molar-refractivity contribution in [1.82, 2.24) is 14.8 Å². The highest BCUT2D eigenvalue weighted by Gasteiger charge is 2.13. The Hall–Kier alpha value is -3.98. The van der Waals surface area contributed by atoms with Crippen LogP contribution in [0.25, 0.3) is 22.5 Å². The first-order valence-electron chi connectivity index (χ1n) is 10.1. The zero-order valence-electron chi connectivity index (χ0n) is 18.4. The topological polar surface area (TPSA) is 95.3 Å². The Morgan fingerprint density at radius 1 is 1.06 bits per heavy atom. The van der Waals surface area contributed by atoms with E-state index < -0.39 is 0 Å². The molecule has 0 spiro atoms. The van der Waals surface area contributed by atoms with Gasteiger partial charge in [-0.1, -0.05) is 12.1 Å². The van der Waals surface area contributed by atoms with Gasteiger partial charge in [0.25, 0.3) is 5.56 Å². The second-order valence-electron chi connectivity index (χ2n) is 7.16. The quantitative estimate of drug-likeness (QED) is 0.446. The minimum absolute atomic E-state index is 0.237. The maximum Gasteiger partial charge on any atom is 0.267 e. The number of thiazole rings is 1. The van der Waals surface area contributed by atoms with Crippen LogP contribution >= 0.6 is 11.3 Å². The van der Waals surface area contributed by atoms with E-state index in [1.165, 1.54) is 6.07 Å². The van der Waals surface area contributed by atoms with Gasteiger partial charge in [-0.2, -0.15) is 5.10 Å². The first kappa shape index (κ1) is 22.2. The lowest BCUT2D eigenvalue weighted by molar-refractivity contribution is -0.117. The van der Waals surface area contributed by atoms with Gasteiger partial charge >= 0.3 is 0 Å². The molecule has 2 aromatic heterocycles. The normalized spacial score (nSPS) is 10.6. The Kier molecular flexibility index (Phi) is 6.50. The third kappa shape index (κ3) is 5.09. The maximum atomic E-state index is 12.7. The number of ether oxygens (including phenoxy) is 2. The van der Waals surface area contributed by atoms with Crippen LogP contribution in [0.5, 0.6) is 11.5 Å². The second kappa shape index (κ2) is 9.66. The summed E-state index contributed by atoms with van der Waals surface area (Å²) in [5.41, 5.74) is 3.12. The van der Waals surface area contributed by atoms with E-state index in [9.17, 15) is 9.59 Å². The highest BCUT2D eigenvalue weighted by Crippen LogP contribution is 2.31. The summed E-state index contributed by atoms with van der Waals surface area (Å²) in [5.74, 6) is 0.830. The van der Waals surface area contributed by atoms with Crippen molar-refractivity contribution in [2.45, 2.75) is 13.5 Å². The van der Waals surface area contributed by atoms with Crippen molar-refractivity contribution in [2.24, 2.45) is 0 Å². The van der Waals surface area contributed by atoms with Crippen LogP contribution in [-0.4, -0.2) is 34.9 Å². The molecule has 1 amide bonds. The number of carbonyl (C=O) groups excluding carboxylic acids is 1. The SMILES string of the molecule is COc1ccc(OC)c(-c2ccc(=O)n(CC(=O)Nc3cccc(-c4csc(C)n4)c3)n2)c1. The van der Waals surface area contributed by atoms with Crippen molar-refractivity contribution in [1.29, 1.82) is 0 Å². The number of anilines is 1. The summed E-state index contributed by atoms with van der Waals surface area (Å²) in [6.07, 6.45) is 0. The Morgan fingerprint density at radius 3 is 2.64 bits per heavy atom. The fourth-order valence-electron chi connectivity index (χ4n) is 3.31. The zero-order chi connectivity index (χ0) is 23.4. The number of aryl methyl sites for hydroxylation is 1. The first-order chi connectivity index (χ1) is 16.0. The average Bonchev–Trinajstić information content (AvgIpc) is 3.26. The smallest absolute Gasteiger partial charge is 0.267 e. The van der Waals surface area contributed by atoms with E-state index in [0.29, 0.717) is 28.4 Å². The maximum absolute atomic E-state index is 12.7. The number of benzene rings is 2. The Bertz CT molecular complexity index is 1360. The molecule has 4 rings (SSSR count). The van der Waals surface area contributed by atoms with E-state index >= 15 is 0 Å². The van der Waals surface area contributed by atoms with Crippen molar-refractivity contribution >= 4 is 22.9 Å². The van der Waals surface area contributed by atoms with Gasteiger partial charge in [0.05, 0.1) is 30.6 Å². The van der Waals surface area contributed by atoms with Crippen LogP contribution in [0.15, 0.2) is 64.8 Å². The van der Waals surface area contributed by atoms with Crippen LogP contribution in [0.3, 0.4) is 0 Å². The number of amides is 1. The van der Waals surface area contributed by atoms with Gasteiger partial charge in [-0.15, -0.1) is 11.3 Å². The van der Waals surface area contributed by atoms with Gasteiger partial charge in [0.2, 0.25) is 5.91 Å². The summed E-state index contributed by atoms with van der Waals surface area (Å²) in [7, 11) is 3.12. The molecule has 0 aliphatic heterocycles. The van der Waals surface area contributed by atoms with Crippen LogP contribution in [-0.2, 0) is 11.3 Å². The van der Waals surface area contributed by atoms with E-state index in [2.05, 4.69) is 15.4 Å². The highest BCUT2D eigenvalue weighted by molar-refractivity contribution is 7.09. The van der Waals surface area contributed by atoms with E-state index in [-0.39, 0.29) is 18.0 Å². The summed E-state index contributed by atoms with van der Waals surface area (Å²) in [6, 6.07) is 15.7. The minimum atomic E-state index is -0.387. The number of carbonyl (C=O) groups is 1. The summed E-state index contributed by atoms with van der Waals surface area (Å²) < 4.78 is 11.8. The van der Waals surface area contributed by atoms with Gasteiger partial charge in [0.15, 0.2) is 0 Å². The van der Waals surface area contributed by atoms with Crippen LogP contribution in [0.1, 0.15) is 5.01 Å². The lowest BCUT2D eigenvalue weighted by atomic mass is 10.1. The fraction of sp³-hybridized carbons (Fsp3) is 0.167. The van der Waals surface area contributed by atoms with Crippen LogP contribution < -0.4 is 20.3 Å². The Labute approximate surface area is 194 Å².